The topological polar surface area (TPSA) is 40.5 Å². The molecule has 16 heavy (non-hydrogen) atoms. The monoisotopic (exact) mass is 228 g/mol. The summed E-state index contributed by atoms with van der Waals surface area (Å²) < 4.78 is 25.9. The molecule has 0 aliphatic carbocycles. The van der Waals surface area contributed by atoms with Crippen molar-refractivity contribution < 1.29 is 19.0 Å². The minimum atomic E-state index is -0.762. The van der Waals surface area contributed by atoms with Gasteiger partial charge in [-0.3, -0.25) is 0 Å². The molecular weight excluding hydrogens is 214 g/mol. The molecular formula is C12H14F2O2. The van der Waals surface area contributed by atoms with E-state index in [-0.39, 0.29) is 25.0 Å². The summed E-state index contributed by atoms with van der Waals surface area (Å²) in [6, 6.07) is 3.21. The van der Waals surface area contributed by atoms with Crippen LogP contribution in [0.25, 0.3) is 5.57 Å². The molecule has 0 bridgehead atoms. The summed E-state index contributed by atoms with van der Waals surface area (Å²) in [4.78, 5) is 0. The fraction of sp³-hybridized carbons (Fsp3) is 0.333. The Morgan fingerprint density at radius 2 is 2.06 bits per heavy atom. The summed E-state index contributed by atoms with van der Waals surface area (Å²) in [7, 11) is 0. The summed E-state index contributed by atoms with van der Waals surface area (Å²) >= 11 is 0. The molecule has 1 atom stereocenters. The molecule has 1 unspecified atom stereocenters. The predicted octanol–water partition coefficient (Wildman–Crippen LogP) is 2.11. The van der Waals surface area contributed by atoms with Gasteiger partial charge in [0.25, 0.3) is 0 Å². The third-order valence-corrected chi connectivity index (χ3v) is 2.26. The van der Waals surface area contributed by atoms with Gasteiger partial charge in [0, 0.05) is 18.2 Å². The first-order valence-electron chi connectivity index (χ1n) is 4.96. The molecule has 0 fully saturated rings. The van der Waals surface area contributed by atoms with E-state index in [1.165, 1.54) is 6.07 Å². The van der Waals surface area contributed by atoms with Gasteiger partial charge in [-0.1, -0.05) is 6.58 Å². The normalized spacial score (nSPS) is 12.5. The molecule has 0 aliphatic rings. The van der Waals surface area contributed by atoms with Crippen molar-refractivity contribution in [2.75, 3.05) is 6.61 Å². The van der Waals surface area contributed by atoms with Crippen LogP contribution < -0.4 is 0 Å². The number of benzene rings is 1. The summed E-state index contributed by atoms with van der Waals surface area (Å²) in [6.45, 7) is 3.50. The fourth-order valence-corrected chi connectivity index (χ4v) is 1.42. The van der Waals surface area contributed by atoms with Crippen LogP contribution in [0.4, 0.5) is 8.78 Å². The highest BCUT2D eigenvalue weighted by Gasteiger charge is 2.11. The van der Waals surface area contributed by atoms with E-state index in [1.54, 1.807) is 0 Å². The van der Waals surface area contributed by atoms with E-state index in [0.717, 1.165) is 12.1 Å². The Balaban J connectivity index is 2.73. The minimum absolute atomic E-state index is 0.139. The Morgan fingerprint density at radius 1 is 1.38 bits per heavy atom. The number of hydrogen-bond donors (Lipinski definition) is 2. The Hall–Kier alpha value is -1.26. The van der Waals surface area contributed by atoms with E-state index in [0.29, 0.717) is 5.57 Å². The first-order chi connectivity index (χ1) is 7.54. The number of aliphatic hydroxyl groups is 2. The van der Waals surface area contributed by atoms with E-state index < -0.39 is 17.7 Å². The van der Waals surface area contributed by atoms with Crippen molar-refractivity contribution in [2.45, 2.75) is 18.9 Å². The SMILES string of the molecule is C=C(CC(O)CCO)c1ccc(F)cc1F. The van der Waals surface area contributed by atoms with Gasteiger partial charge in [-0.15, -0.1) is 0 Å². The standard InChI is InChI=1S/C12H14F2O2/c1-8(6-10(16)4-5-15)11-3-2-9(13)7-12(11)14/h2-3,7,10,15-16H,1,4-6H2. The Bertz CT molecular complexity index is 377. The van der Waals surface area contributed by atoms with Crippen LogP contribution in [0.3, 0.4) is 0 Å². The third-order valence-electron chi connectivity index (χ3n) is 2.26. The molecule has 4 heteroatoms. The molecule has 0 saturated carbocycles. The van der Waals surface area contributed by atoms with Gasteiger partial charge in [0.2, 0.25) is 0 Å². The highest BCUT2D eigenvalue weighted by molar-refractivity contribution is 5.64. The van der Waals surface area contributed by atoms with Crippen LogP contribution in [-0.4, -0.2) is 22.9 Å². The largest absolute Gasteiger partial charge is 0.396 e. The van der Waals surface area contributed by atoms with Crippen molar-refractivity contribution in [2.24, 2.45) is 0 Å². The Morgan fingerprint density at radius 3 is 2.62 bits per heavy atom. The zero-order valence-electron chi connectivity index (χ0n) is 8.79. The second kappa shape index (κ2) is 5.72. The third kappa shape index (κ3) is 3.40. The quantitative estimate of drug-likeness (QED) is 0.810. The molecule has 1 rings (SSSR count). The molecule has 0 radical (unpaired) electrons. The van der Waals surface area contributed by atoms with E-state index in [2.05, 4.69) is 6.58 Å². The van der Waals surface area contributed by atoms with Crippen LogP contribution in [-0.2, 0) is 0 Å². The summed E-state index contributed by atoms with van der Waals surface area (Å²) in [5.74, 6) is -1.34. The molecule has 1 aromatic carbocycles. The zero-order valence-corrected chi connectivity index (χ0v) is 8.79. The van der Waals surface area contributed by atoms with E-state index in [1.807, 2.05) is 0 Å². The van der Waals surface area contributed by atoms with Crippen LogP contribution in [0, 0.1) is 11.6 Å². The molecule has 0 aromatic heterocycles. The smallest absolute Gasteiger partial charge is 0.133 e. The van der Waals surface area contributed by atoms with Crippen molar-refractivity contribution in [3.05, 3.63) is 42.0 Å². The van der Waals surface area contributed by atoms with Crippen molar-refractivity contribution in [1.82, 2.24) is 0 Å². The van der Waals surface area contributed by atoms with Crippen LogP contribution in [0.5, 0.6) is 0 Å². The van der Waals surface area contributed by atoms with Gasteiger partial charge in [0.1, 0.15) is 11.6 Å². The van der Waals surface area contributed by atoms with E-state index in [9.17, 15) is 13.9 Å². The van der Waals surface area contributed by atoms with Crippen molar-refractivity contribution in [3.63, 3.8) is 0 Å². The van der Waals surface area contributed by atoms with Crippen LogP contribution in [0.1, 0.15) is 18.4 Å². The lowest BCUT2D eigenvalue weighted by Gasteiger charge is -2.12. The maximum absolute atomic E-state index is 13.3. The molecule has 0 saturated heterocycles. The lowest BCUT2D eigenvalue weighted by molar-refractivity contribution is 0.137. The minimum Gasteiger partial charge on any atom is -0.396 e. The van der Waals surface area contributed by atoms with Gasteiger partial charge in [-0.05, 0) is 30.5 Å². The average Bonchev–Trinajstić information content (AvgIpc) is 2.17. The molecule has 88 valence electrons. The van der Waals surface area contributed by atoms with E-state index >= 15 is 0 Å². The Labute approximate surface area is 92.9 Å². The fourth-order valence-electron chi connectivity index (χ4n) is 1.42. The molecule has 2 N–H and O–H groups in total. The van der Waals surface area contributed by atoms with Gasteiger partial charge in [0.15, 0.2) is 0 Å². The number of halogens is 2. The summed E-state index contributed by atoms with van der Waals surface area (Å²) in [5, 5.41) is 18.0. The maximum atomic E-state index is 13.3. The van der Waals surface area contributed by atoms with Crippen molar-refractivity contribution in [1.29, 1.82) is 0 Å². The highest BCUT2D eigenvalue weighted by atomic mass is 19.1. The predicted molar refractivity (Wildman–Crippen MR) is 57.7 cm³/mol. The van der Waals surface area contributed by atoms with Gasteiger partial charge < -0.3 is 10.2 Å². The summed E-state index contributed by atoms with van der Waals surface area (Å²) in [6.07, 6.45) is -0.396. The van der Waals surface area contributed by atoms with Gasteiger partial charge in [-0.2, -0.15) is 0 Å². The van der Waals surface area contributed by atoms with E-state index in [4.69, 9.17) is 5.11 Å². The number of rotatable bonds is 5. The van der Waals surface area contributed by atoms with Crippen LogP contribution in [0.2, 0.25) is 0 Å². The molecule has 0 amide bonds. The van der Waals surface area contributed by atoms with Crippen LogP contribution in [0.15, 0.2) is 24.8 Å². The highest BCUT2D eigenvalue weighted by Crippen LogP contribution is 2.22. The van der Waals surface area contributed by atoms with Crippen molar-refractivity contribution in [3.8, 4) is 0 Å². The Kier molecular flexibility index (Phi) is 4.58. The average molecular weight is 228 g/mol. The lowest BCUT2D eigenvalue weighted by Crippen LogP contribution is -2.09. The van der Waals surface area contributed by atoms with Crippen LogP contribution >= 0.6 is 0 Å². The first-order valence-corrected chi connectivity index (χ1v) is 4.96. The van der Waals surface area contributed by atoms with Gasteiger partial charge >= 0.3 is 0 Å². The van der Waals surface area contributed by atoms with Gasteiger partial charge in [-0.25, -0.2) is 8.78 Å². The molecule has 0 heterocycles. The molecule has 2 nitrogen and oxygen atoms in total. The first kappa shape index (κ1) is 12.8. The number of hydrogen-bond acceptors (Lipinski definition) is 2. The van der Waals surface area contributed by atoms with Crippen molar-refractivity contribution >= 4 is 5.57 Å². The zero-order chi connectivity index (χ0) is 12.1. The second-order valence-corrected chi connectivity index (χ2v) is 3.60. The molecule has 0 spiro atoms. The van der Waals surface area contributed by atoms with Gasteiger partial charge in [0.05, 0.1) is 6.10 Å². The number of aliphatic hydroxyl groups excluding tert-OH is 2. The lowest BCUT2D eigenvalue weighted by atomic mass is 10.00. The maximum Gasteiger partial charge on any atom is 0.133 e. The summed E-state index contributed by atoms with van der Waals surface area (Å²) in [5.41, 5.74) is 0.580. The molecule has 0 aliphatic heterocycles. The second-order valence-electron chi connectivity index (χ2n) is 3.60. The molecule has 1 aromatic rings.